The predicted molar refractivity (Wildman–Crippen MR) is 89.6 cm³/mol. The van der Waals surface area contributed by atoms with Gasteiger partial charge in [0, 0.05) is 43.5 Å². The molecule has 2 aliphatic rings. The quantitative estimate of drug-likeness (QED) is 0.843. The van der Waals surface area contributed by atoms with E-state index in [9.17, 15) is 4.79 Å². The maximum absolute atomic E-state index is 12.5. The number of hydrogen-bond acceptors (Lipinski definition) is 4. The molecule has 0 bridgehead atoms. The van der Waals surface area contributed by atoms with Crippen molar-refractivity contribution in [3.63, 3.8) is 0 Å². The largest absolute Gasteiger partial charge is 0.379 e. The number of likely N-dealkylation sites (tertiary alicyclic amines) is 1. The molecule has 1 amide bonds. The van der Waals surface area contributed by atoms with Crippen LogP contribution in [-0.4, -0.2) is 61.1 Å². The molecule has 0 aromatic carbocycles. The highest BCUT2D eigenvalue weighted by atomic mass is 35.5. The zero-order valence-corrected chi connectivity index (χ0v) is 14.5. The summed E-state index contributed by atoms with van der Waals surface area (Å²) < 4.78 is 6.22. The van der Waals surface area contributed by atoms with Crippen molar-refractivity contribution in [3.8, 4) is 0 Å². The van der Waals surface area contributed by atoms with Gasteiger partial charge in [-0.2, -0.15) is 0 Å². The molecule has 1 aromatic rings. The summed E-state index contributed by atoms with van der Waals surface area (Å²) in [6.07, 6.45) is 1.38. The molecular weight excluding hydrogens is 320 g/mol. The summed E-state index contributed by atoms with van der Waals surface area (Å²) in [5.41, 5.74) is 0. The molecule has 22 heavy (non-hydrogen) atoms. The second-order valence-electron chi connectivity index (χ2n) is 6.20. The number of carbonyl (C=O) groups excluding carboxylic acids is 1. The first kappa shape index (κ1) is 16.2. The van der Waals surface area contributed by atoms with Gasteiger partial charge in [0.2, 0.25) is 5.91 Å². The first-order valence-electron chi connectivity index (χ1n) is 7.97. The molecule has 3 heterocycles. The van der Waals surface area contributed by atoms with Crippen LogP contribution in [0.3, 0.4) is 0 Å². The number of aryl methyl sites for hydroxylation is 1. The van der Waals surface area contributed by atoms with Crippen LogP contribution in [-0.2, 0) is 16.0 Å². The van der Waals surface area contributed by atoms with Crippen LogP contribution >= 0.6 is 22.9 Å². The van der Waals surface area contributed by atoms with E-state index in [0.717, 1.165) is 50.1 Å². The van der Waals surface area contributed by atoms with E-state index in [1.807, 2.05) is 17.0 Å². The highest BCUT2D eigenvalue weighted by Gasteiger charge is 2.36. The number of amides is 1. The van der Waals surface area contributed by atoms with Crippen molar-refractivity contribution < 1.29 is 9.53 Å². The van der Waals surface area contributed by atoms with Crippen LogP contribution in [0.1, 0.15) is 18.2 Å². The van der Waals surface area contributed by atoms with E-state index in [4.69, 9.17) is 16.3 Å². The van der Waals surface area contributed by atoms with Crippen molar-refractivity contribution in [3.05, 3.63) is 21.3 Å². The Hall–Kier alpha value is -0.620. The Balaban J connectivity index is 1.51. The fourth-order valence-electron chi connectivity index (χ4n) is 3.41. The van der Waals surface area contributed by atoms with Gasteiger partial charge in [0.15, 0.2) is 0 Å². The van der Waals surface area contributed by atoms with Crippen molar-refractivity contribution >= 4 is 28.8 Å². The highest BCUT2D eigenvalue weighted by Crippen LogP contribution is 2.25. The van der Waals surface area contributed by atoms with Crippen LogP contribution in [0, 0.1) is 5.92 Å². The van der Waals surface area contributed by atoms with Gasteiger partial charge in [-0.15, -0.1) is 11.3 Å². The van der Waals surface area contributed by atoms with Gasteiger partial charge in [0.25, 0.3) is 0 Å². The molecule has 0 spiro atoms. The molecule has 2 atom stereocenters. The second-order valence-corrected chi connectivity index (χ2v) is 8.00. The maximum Gasteiger partial charge on any atom is 0.222 e. The highest BCUT2D eigenvalue weighted by molar-refractivity contribution is 7.16. The smallest absolute Gasteiger partial charge is 0.222 e. The lowest BCUT2D eigenvalue weighted by Gasteiger charge is -2.34. The third-order valence-electron chi connectivity index (χ3n) is 4.65. The Labute approximate surface area is 141 Å². The number of thiophene rings is 1. The van der Waals surface area contributed by atoms with Crippen LogP contribution in [0.15, 0.2) is 12.1 Å². The normalized spacial score (nSPS) is 26.5. The van der Waals surface area contributed by atoms with Gasteiger partial charge >= 0.3 is 0 Å². The van der Waals surface area contributed by atoms with Gasteiger partial charge in [-0.25, -0.2) is 0 Å². The first-order valence-corrected chi connectivity index (χ1v) is 9.16. The summed E-state index contributed by atoms with van der Waals surface area (Å²) in [7, 11) is 0. The summed E-state index contributed by atoms with van der Waals surface area (Å²) in [5.74, 6) is 0.811. The molecule has 3 rings (SSSR count). The van der Waals surface area contributed by atoms with Gasteiger partial charge in [0.05, 0.1) is 17.6 Å². The molecule has 122 valence electrons. The van der Waals surface area contributed by atoms with Crippen molar-refractivity contribution in [2.24, 2.45) is 5.92 Å². The summed E-state index contributed by atoms with van der Waals surface area (Å²) in [6, 6.07) is 4.41. The third kappa shape index (κ3) is 3.82. The van der Waals surface area contributed by atoms with Crippen LogP contribution in [0.5, 0.6) is 0 Å². The number of ether oxygens (including phenoxy) is 1. The van der Waals surface area contributed by atoms with Gasteiger partial charge in [-0.3, -0.25) is 9.69 Å². The lowest BCUT2D eigenvalue weighted by molar-refractivity contribution is -0.130. The van der Waals surface area contributed by atoms with Crippen molar-refractivity contribution in [2.45, 2.75) is 25.8 Å². The molecule has 2 saturated heterocycles. The number of morpholine rings is 1. The summed E-state index contributed by atoms with van der Waals surface area (Å²) in [4.78, 5) is 18.2. The van der Waals surface area contributed by atoms with Crippen LogP contribution in [0.2, 0.25) is 4.34 Å². The number of halogens is 1. The summed E-state index contributed by atoms with van der Waals surface area (Å²) >= 11 is 7.50. The molecule has 0 unspecified atom stereocenters. The number of carbonyl (C=O) groups is 1. The third-order valence-corrected chi connectivity index (χ3v) is 5.95. The van der Waals surface area contributed by atoms with E-state index in [1.54, 1.807) is 11.3 Å². The number of nitrogens with zero attached hydrogens (tertiary/aromatic N) is 2. The van der Waals surface area contributed by atoms with E-state index in [0.29, 0.717) is 18.4 Å². The Morgan fingerprint density at radius 3 is 2.82 bits per heavy atom. The lowest BCUT2D eigenvalue weighted by Crippen LogP contribution is -2.47. The summed E-state index contributed by atoms with van der Waals surface area (Å²) in [5, 5.41) is 0. The van der Waals surface area contributed by atoms with E-state index >= 15 is 0 Å². The molecule has 1 aromatic heterocycles. The number of rotatable bonds is 4. The fraction of sp³-hybridized carbons (Fsp3) is 0.688. The van der Waals surface area contributed by atoms with Gasteiger partial charge in [0.1, 0.15) is 0 Å². The Bertz CT molecular complexity index is 516. The molecule has 0 saturated carbocycles. The minimum Gasteiger partial charge on any atom is -0.379 e. The zero-order chi connectivity index (χ0) is 15.5. The van der Waals surface area contributed by atoms with E-state index in [1.165, 1.54) is 4.88 Å². The first-order chi connectivity index (χ1) is 10.6. The van der Waals surface area contributed by atoms with E-state index in [2.05, 4.69) is 11.8 Å². The Morgan fingerprint density at radius 1 is 1.36 bits per heavy atom. The van der Waals surface area contributed by atoms with Crippen LogP contribution in [0.25, 0.3) is 0 Å². The Morgan fingerprint density at radius 2 is 2.14 bits per heavy atom. The fourth-order valence-corrected chi connectivity index (χ4v) is 4.50. The minimum atomic E-state index is 0.270. The van der Waals surface area contributed by atoms with Crippen molar-refractivity contribution in [1.29, 1.82) is 0 Å². The van der Waals surface area contributed by atoms with E-state index < -0.39 is 0 Å². The average molecular weight is 343 g/mol. The Kier molecular flexibility index (Phi) is 5.39. The molecule has 6 heteroatoms. The van der Waals surface area contributed by atoms with Gasteiger partial charge in [-0.1, -0.05) is 18.5 Å². The monoisotopic (exact) mass is 342 g/mol. The second kappa shape index (κ2) is 7.30. The molecule has 2 aliphatic heterocycles. The zero-order valence-electron chi connectivity index (χ0n) is 13.0. The SMILES string of the molecule is C[C@@H]1CN(C(=O)CCc2ccc(Cl)s2)C[C@H]1N1CCOCC1. The van der Waals surface area contributed by atoms with Crippen LogP contribution in [0.4, 0.5) is 0 Å². The molecule has 4 nitrogen and oxygen atoms in total. The summed E-state index contributed by atoms with van der Waals surface area (Å²) in [6.45, 7) is 7.62. The molecule has 2 fully saturated rings. The molecule has 0 aliphatic carbocycles. The van der Waals surface area contributed by atoms with Crippen molar-refractivity contribution in [1.82, 2.24) is 9.80 Å². The molecule has 0 N–H and O–H groups in total. The minimum absolute atomic E-state index is 0.270. The topological polar surface area (TPSA) is 32.8 Å². The molecular formula is C16H23ClN2O2S. The standard InChI is InChI=1S/C16H23ClN2O2S/c1-12-10-19(11-14(12)18-6-8-21-9-7-18)16(20)5-3-13-2-4-15(17)22-13/h2,4,12,14H,3,5-11H2,1H3/t12-,14-/m1/s1. The van der Waals surface area contributed by atoms with Gasteiger partial charge < -0.3 is 9.64 Å². The predicted octanol–water partition coefficient (Wildman–Crippen LogP) is 2.51. The maximum atomic E-state index is 12.5. The average Bonchev–Trinajstić information content (AvgIpc) is 3.12. The van der Waals surface area contributed by atoms with E-state index in [-0.39, 0.29) is 5.91 Å². The van der Waals surface area contributed by atoms with Crippen LogP contribution < -0.4 is 0 Å². The molecule has 0 radical (unpaired) electrons. The lowest BCUT2D eigenvalue weighted by atomic mass is 10.0. The number of hydrogen-bond donors (Lipinski definition) is 0. The van der Waals surface area contributed by atoms with Crippen molar-refractivity contribution in [2.75, 3.05) is 39.4 Å². The van der Waals surface area contributed by atoms with Gasteiger partial charge in [-0.05, 0) is 24.5 Å².